The molecular weight excluding hydrogens is 390 g/mol. The number of carbonyl (C=O) groups is 2. The van der Waals surface area contributed by atoms with Crippen molar-refractivity contribution in [3.05, 3.63) is 47.1 Å². The first kappa shape index (κ1) is 17.7. The zero-order chi connectivity index (χ0) is 19.0. The first-order valence-corrected chi connectivity index (χ1v) is 9.51. The molecule has 1 aliphatic heterocycles. The number of hydrogen-bond acceptors (Lipinski definition) is 7. The van der Waals surface area contributed by atoms with E-state index in [9.17, 15) is 14.7 Å². The number of rotatable bonds is 5. The highest BCUT2D eigenvalue weighted by molar-refractivity contribution is 8.05. The molecule has 1 aromatic carbocycles. The van der Waals surface area contributed by atoms with Gasteiger partial charge in [0.25, 0.3) is 5.91 Å². The number of nitrogens with one attached hydrogen (secondary N) is 1. The molecule has 0 radical (unpaired) electrons. The zero-order valence-corrected chi connectivity index (χ0v) is 15.3. The van der Waals surface area contributed by atoms with Crippen molar-refractivity contribution in [2.75, 3.05) is 6.54 Å². The van der Waals surface area contributed by atoms with Gasteiger partial charge in [-0.1, -0.05) is 23.9 Å². The quantitative estimate of drug-likeness (QED) is 0.556. The number of thioether (sulfide) groups is 1. The molecule has 10 heteroatoms. The summed E-state index contributed by atoms with van der Waals surface area (Å²) in [6.07, 6.45) is 1.49. The molecule has 3 heterocycles. The molecule has 1 amide bonds. The number of nitrogens with zero attached hydrogens (tertiary/aromatic N) is 2. The fraction of sp³-hybridized carbons (Fsp3) is 0.118. The van der Waals surface area contributed by atoms with Gasteiger partial charge in [-0.25, -0.2) is 4.98 Å². The molecule has 138 valence electrons. The average Bonchev–Trinajstić information content (AvgIpc) is 3.30. The van der Waals surface area contributed by atoms with Gasteiger partial charge in [0.1, 0.15) is 12.3 Å². The summed E-state index contributed by atoms with van der Waals surface area (Å²) in [5, 5.41) is 19.9. The number of imidazole rings is 1. The maximum atomic E-state index is 12.2. The number of carboxylic acids is 1. The zero-order valence-electron chi connectivity index (χ0n) is 13.7. The number of aliphatic hydroxyl groups is 1. The highest BCUT2D eigenvalue weighted by Gasteiger charge is 2.36. The van der Waals surface area contributed by atoms with E-state index in [1.807, 2.05) is 24.3 Å². The molecular formula is C17H13N3O5S2. The highest BCUT2D eigenvalue weighted by atomic mass is 32.2. The number of aliphatic hydroxyl groups excluding tert-OH is 1. The Kier molecular flexibility index (Phi) is 4.68. The molecule has 0 saturated carbocycles. The lowest BCUT2D eigenvalue weighted by Crippen LogP contribution is -2.36. The van der Waals surface area contributed by atoms with Crippen LogP contribution in [0, 0.1) is 0 Å². The summed E-state index contributed by atoms with van der Waals surface area (Å²) in [6.45, 7) is -0.560. The van der Waals surface area contributed by atoms with Gasteiger partial charge in [0.15, 0.2) is 15.8 Å². The molecule has 0 spiro atoms. The Morgan fingerprint density at radius 1 is 1.37 bits per heavy atom. The Balaban J connectivity index is 1.50. The van der Waals surface area contributed by atoms with E-state index >= 15 is 0 Å². The van der Waals surface area contributed by atoms with Gasteiger partial charge < -0.3 is 19.6 Å². The van der Waals surface area contributed by atoms with Gasteiger partial charge in [0.05, 0.1) is 15.9 Å². The van der Waals surface area contributed by atoms with Gasteiger partial charge in [0.2, 0.25) is 0 Å². The second-order valence-electron chi connectivity index (χ2n) is 5.60. The van der Waals surface area contributed by atoms with E-state index in [0.717, 1.165) is 27.7 Å². The molecule has 4 rings (SSSR count). The largest absolute Gasteiger partial charge is 0.480 e. The summed E-state index contributed by atoms with van der Waals surface area (Å²) in [6, 6.07) is 11.1. The van der Waals surface area contributed by atoms with Gasteiger partial charge in [-0.15, -0.1) is 0 Å². The lowest BCUT2D eigenvalue weighted by Gasteiger charge is -2.15. The normalized spacial score (nSPS) is 18.7. The van der Waals surface area contributed by atoms with E-state index in [-0.39, 0.29) is 4.91 Å². The predicted octanol–water partition coefficient (Wildman–Crippen LogP) is 2.58. The molecule has 2 aromatic heterocycles. The fourth-order valence-corrected chi connectivity index (χ4v) is 4.23. The number of furan rings is 1. The van der Waals surface area contributed by atoms with Crippen molar-refractivity contribution >= 4 is 52.5 Å². The van der Waals surface area contributed by atoms with E-state index in [1.54, 1.807) is 12.1 Å². The highest BCUT2D eigenvalue weighted by Crippen LogP contribution is 2.36. The molecule has 1 saturated heterocycles. The number of H-pyrrole nitrogens is 1. The van der Waals surface area contributed by atoms with Crippen LogP contribution in [0.5, 0.6) is 0 Å². The summed E-state index contributed by atoms with van der Waals surface area (Å²) in [4.78, 5) is 31.7. The molecule has 0 bridgehead atoms. The second-order valence-corrected chi connectivity index (χ2v) is 7.69. The fourth-order valence-electron chi connectivity index (χ4n) is 2.53. The first-order chi connectivity index (χ1) is 13.0. The van der Waals surface area contributed by atoms with Crippen LogP contribution in [-0.2, 0) is 9.59 Å². The van der Waals surface area contributed by atoms with Crippen molar-refractivity contribution in [1.82, 2.24) is 14.9 Å². The van der Waals surface area contributed by atoms with Gasteiger partial charge >= 0.3 is 5.97 Å². The number of amides is 1. The van der Waals surface area contributed by atoms with Crippen LogP contribution in [0.3, 0.4) is 0 Å². The second kappa shape index (κ2) is 7.14. The lowest BCUT2D eigenvalue weighted by molar-refractivity contribution is -0.145. The van der Waals surface area contributed by atoms with Crippen LogP contribution in [0.15, 0.2) is 56.0 Å². The molecule has 1 fully saturated rings. The molecule has 3 aromatic rings. The van der Waals surface area contributed by atoms with Gasteiger partial charge in [-0.2, -0.15) is 0 Å². The first-order valence-electron chi connectivity index (χ1n) is 7.81. The van der Waals surface area contributed by atoms with Crippen molar-refractivity contribution in [3.63, 3.8) is 0 Å². The standard InChI is InChI=1S/C17H13N3O5S2/c21-13(22)8-20-15(23)12(26-17(20)24)7-9-5-6-14(25-9)27-16-18-10-3-1-2-4-11(10)19-16/h1-7,17,24H,8H2,(H,18,19)(H,21,22)/b12-7-. The summed E-state index contributed by atoms with van der Waals surface area (Å²) >= 11 is 2.19. The predicted molar refractivity (Wildman–Crippen MR) is 99.8 cm³/mol. The Bertz CT molecular complexity index is 1020. The van der Waals surface area contributed by atoms with Crippen molar-refractivity contribution < 1.29 is 24.2 Å². The molecule has 1 atom stereocenters. The molecule has 1 aliphatic rings. The third kappa shape index (κ3) is 3.72. The number of hydrogen-bond donors (Lipinski definition) is 3. The Hall–Kier alpha value is -2.69. The van der Waals surface area contributed by atoms with Crippen LogP contribution in [0.2, 0.25) is 0 Å². The molecule has 0 aliphatic carbocycles. The van der Waals surface area contributed by atoms with Crippen LogP contribution in [0.1, 0.15) is 5.76 Å². The maximum Gasteiger partial charge on any atom is 0.323 e. The number of carbonyl (C=O) groups excluding carboxylic acids is 1. The SMILES string of the molecule is O=C(O)CN1C(=O)/C(=C/c2ccc(Sc3nc4ccccc4[nH]3)o2)SC1O. The molecule has 8 nitrogen and oxygen atoms in total. The lowest BCUT2D eigenvalue weighted by atomic mass is 10.3. The van der Waals surface area contributed by atoms with Gasteiger partial charge in [0, 0.05) is 6.08 Å². The van der Waals surface area contributed by atoms with Gasteiger partial charge in [-0.3, -0.25) is 14.5 Å². The summed E-state index contributed by atoms with van der Waals surface area (Å²) < 4.78 is 5.69. The number of carboxylic acid groups (broad SMARTS) is 1. The minimum Gasteiger partial charge on any atom is -0.480 e. The minimum atomic E-state index is -1.22. The van der Waals surface area contributed by atoms with E-state index in [4.69, 9.17) is 9.52 Å². The van der Waals surface area contributed by atoms with E-state index in [2.05, 4.69) is 9.97 Å². The van der Waals surface area contributed by atoms with Crippen molar-refractivity contribution in [3.8, 4) is 0 Å². The van der Waals surface area contributed by atoms with Crippen LogP contribution < -0.4 is 0 Å². The van der Waals surface area contributed by atoms with Crippen LogP contribution >= 0.6 is 23.5 Å². The van der Waals surface area contributed by atoms with Crippen LogP contribution in [-0.4, -0.2) is 49.1 Å². The molecule has 1 unspecified atom stereocenters. The van der Waals surface area contributed by atoms with Crippen LogP contribution in [0.25, 0.3) is 17.1 Å². The Labute approximate surface area is 161 Å². The third-order valence-electron chi connectivity index (χ3n) is 3.72. The van der Waals surface area contributed by atoms with Crippen molar-refractivity contribution in [1.29, 1.82) is 0 Å². The molecule has 3 N–H and O–H groups in total. The molecule has 27 heavy (non-hydrogen) atoms. The number of aromatic nitrogens is 2. The van der Waals surface area contributed by atoms with Crippen molar-refractivity contribution in [2.24, 2.45) is 0 Å². The number of aromatic amines is 1. The summed E-state index contributed by atoms with van der Waals surface area (Å²) in [5.41, 5.74) is 0.558. The van der Waals surface area contributed by atoms with Crippen LogP contribution in [0.4, 0.5) is 0 Å². The Morgan fingerprint density at radius 2 is 2.19 bits per heavy atom. The topological polar surface area (TPSA) is 120 Å². The summed E-state index contributed by atoms with van der Waals surface area (Å²) in [7, 11) is 0. The van der Waals surface area contributed by atoms with Gasteiger partial charge in [-0.05, 0) is 36.0 Å². The number of aliphatic carboxylic acids is 1. The third-order valence-corrected chi connectivity index (χ3v) is 5.54. The van der Waals surface area contributed by atoms with Crippen molar-refractivity contribution in [2.45, 2.75) is 15.8 Å². The van der Waals surface area contributed by atoms with E-state index in [0.29, 0.717) is 16.0 Å². The average molecular weight is 403 g/mol. The Morgan fingerprint density at radius 3 is 2.96 bits per heavy atom. The monoisotopic (exact) mass is 403 g/mol. The summed E-state index contributed by atoms with van der Waals surface area (Å²) in [5.74, 6) is -1.31. The smallest absolute Gasteiger partial charge is 0.323 e. The van der Waals surface area contributed by atoms with E-state index < -0.39 is 24.0 Å². The van der Waals surface area contributed by atoms with E-state index in [1.165, 1.54) is 17.8 Å². The maximum absolute atomic E-state index is 12.2. The minimum absolute atomic E-state index is 0.221. The number of fused-ring (bicyclic) bond motifs is 1. The number of benzene rings is 1. The number of para-hydroxylation sites is 2.